The Morgan fingerprint density at radius 3 is 2.52 bits per heavy atom. The third-order valence-corrected chi connectivity index (χ3v) is 8.35. The number of nitrogens with zero attached hydrogens (tertiary/aromatic N) is 2. The van der Waals surface area contributed by atoms with E-state index >= 15 is 0 Å². The molecule has 1 aliphatic rings. The van der Waals surface area contributed by atoms with Crippen molar-refractivity contribution in [2.24, 2.45) is 0 Å². The minimum absolute atomic E-state index is 0.158. The van der Waals surface area contributed by atoms with Crippen LogP contribution in [0.3, 0.4) is 0 Å². The van der Waals surface area contributed by atoms with Crippen LogP contribution < -0.4 is 0 Å². The van der Waals surface area contributed by atoms with Gasteiger partial charge in [-0.25, -0.2) is 8.42 Å². The summed E-state index contributed by atoms with van der Waals surface area (Å²) in [5, 5.41) is 2.16. The average Bonchev–Trinajstić information content (AvgIpc) is 3.17. The Labute approximate surface area is 160 Å². The normalized spacial score (nSPS) is 16.2. The summed E-state index contributed by atoms with van der Waals surface area (Å²) in [6.45, 7) is 1.27. The maximum Gasteiger partial charge on any atom is 0.255 e. The molecule has 3 rings (SSSR count). The van der Waals surface area contributed by atoms with Gasteiger partial charge in [0, 0.05) is 31.1 Å². The van der Waals surface area contributed by atoms with Crippen molar-refractivity contribution >= 4 is 50.6 Å². The molecular weight excluding hydrogens is 400 g/mol. The van der Waals surface area contributed by atoms with Crippen molar-refractivity contribution in [3.8, 4) is 0 Å². The second kappa shape index (κ2) is 7.67. The SMILES string of the molecule is CSc1ccc(Cl)c(C(=O)N2CCN(S(=O)(=O)c3cccs3)CC2)c1. The zero-order valence-corrected chi connectivity index (χ0v) is 16.7. The number of hydrogen-bond donors (Lipinski definition) is 0. The number of piperazine rings is 1. The van der Waals surface area contributed by atoms with Gasteiger partial charge in [0.15, 0.2) is 0 Å². The molecule has 9 heteroatoms. The van der Waals surface area contributed by atoms with Crippen LogP contribution in [0.2, 0.25) is 5.02 Å². The first-order chi connectivity index (χ1) is 11.9. The zero-order chi connectivity index (χ0) is 18.0. The first-order valence-electron chi connectivity index (χ1n) is 7.60. The summed E-state index contributed by atoms with van der Waals surface area (Å²) in [5.74, 6) is -0.158. The molecule has 1 aromatic carbocycles. The summed E-state index contributed by atoms with van der Waals surface area (Å²) in [4.78, 5) is 15.4. The van der Waals surface area contributed by atoms with Crippen molar-refractivity contribution in [2.45, 2.75) is 9.10 Å². The number of thiophene rings is 1. The maximum absolute atomic E-state index is 12.7. The van der Waals surface area contributed by atoms with Gasteiger partial charge >= 0.3 is 0 Å². The van der Waals surface area contributed by atoms with Gasteiger partial charge in [-0.3, -0.25) is 4.79 Å². The van der Waals surface area contributed by atoms with Crippen molar-refractivity contribution in [1.82, 2.24) is 9.21 Å². The summed E-state index contributed by atoms with van der Waals surface area (Å²) in [5.41, 5.74) is 0.461. The van der Waals surface area contributed by atoms with Crippen LogP contribution in [-0.4, -0.2) is 56.0 Å². The molecule has 25 heavy (non-hydrogen) atoms. The molecule has 0 aliphatic carbocycles. The fraction of sp³-hybridized carbons (Fsp3) is 0.312. The molecule has 0 spiro atoms. The van der Waals surface area contributed by atoms with Crippen molar-refractivity contribution in [1.29, 1.82) is 0 Å². The van der Waals surface area contributed by atoms with Crippen molar-refractivity contribution in [3.63, 3.8) is 0 Å². The molecular formula is C16H17ClN2O3S3. The summed E-state index contributed by atoms with van der Waals surface area (Å²) in [6.07, 6.45) is 1.94. The fourth-order valence-electron chi connectivity index (χ4n) is 2.63. The third-order valence-electron chi connectivity index (χ3n) is 4.02. The van der Waals surface area contributed by atoms with Crippen LogP contribution in [-0.2, 0) is 10.0 Å². The van der Waals surface area contributed by atoms with Gasteiger partial charge in [-0.1, -0.05) is 17.7 Å². The zero-order valence-electron chi connectivity index (χ0n) is 13.5. The molecule has 0 saturated carbocycles. The number of amides is 1. The molecule has 1 aromatic heterocycles. The van der Waals surface area contributed by atoms with E-state index in [1.807, 2.05) is 12.3 Å². The van der Waals surface area contributed by atoms with Crippen LogP contribution >= 0.6 is 34.7 Å². The monoisotopic (exact) mass is 416 g/mol. The van der Waals surface area contributed by atoms with Crippen molar-refractivity contribution in [3.05, 3.63) is 46.3 Å². The highest BCUT2D eigenvalue weighted by atomic mass is 35.5. The van der Waals surface area contributed by atoms with E-state index in [1.165, 1.54) is 15.6 Å². The number of thioether (sulfide) groups is 1. The number of hydrogen-bond acceptors (Lipinski definition) is 5. The molecule has 1 fully saturated rings. The fourth-order valence-corrected chi connectivity index (χ4v) is 5.84. The van der Waals surface area contributed by atoms with E-state index in [9.17, 15) is 13.2 Å². The van der Waals surface area contributed by atoms with E-state index in [0.29, 0.717) is 27.9 Å². The van der Waals surface area contributed by atoms with Crippen LogP contribution in [0.5, 0.6) is 0 Å². The van der Waals surface area contributed by atoms with Gasteiger partial charge in [0.1, 0.15) is 4.21 Å². The Kier molecular flexibility index (Phi) is 5.75. The van der Waals surface area contributed by atoms with Gasteiger partial charge in [0.2, 0.25) is 0 Å². The molecule has 134 valence electrons. The first-order valence-corrected chi connectivity index (χ1v) is 11.5. The predicted octanol–water partition coefficient (Wildman–Crippen LogP) is 3.27. The van der Waals surface area contributed by atoms with Crippen LogP contribution in [0.15, 0.2) is 44.8 Å². The quantitative estimate of drug-likeness (QED) is 0.718. The topological polar surface area (TPSA) is 57.7 Å². The summed E-state index contributed by atoms with van der Waals surface area (Å²) < 4.78 is 26.9. The van der Waals surface area contributed by atoms with E-state index < -0.39 is 10.0 Å². The van der Waals surface area contributed by atoms with Gasteiger partial charge in [0.05, 0.1) is 10.6 Å². The van der Waals surface area contributed by atoms with Gasteiger partial charge in [-0.05, 0) is 35.9 Å². The number of benzene rings is 1. The molecule has 0 radical (unpaired) electrons. The number of sulfonamides is 1. The number of halogens is 1. The molecule has 2 heterocycles. The number of rotatable bonds is 4. The van der Waals surface area contributed by atoms with E-state index in [-0.39, 0.29) is 19.0 Å². The molecule has 0 N–H and O–H groups in total. The Hall–Kier alpha value is -1.06. The van der Waals surface area contributed by atoms with Gasteiger partial charge < -0.3 is 4.90 Å². The molecule has 1 aliphatic heterocycles. The lowest BCUT2D eigenvalue weighted by Gasteiger charge is -2.34. The standard InChI is InChI=1S/C16H17ClN2O3S3/c1-23-12-4-5-14(17)13(11-12)16(20)18-6-8-19(9-7-18)25(21,22)15-3-2-10-24-15/h2-5,10-11H,6-9H2,1H3. The molecule has 0 unspecified atom stereocenters. The van der Waals surface area contributed by atoms with Crippen molar-refractivity contribution in [2.75, 3.05) is 32.4 Å². The van der Waals surface area contributed by atoms with E-state index in [2.05, 4.69) is 0 Å². The Bertz CT molecular complexity index is 861. The van der Waals surface area contributed by atoms with E-state index in [0.717, 1.165) is 4.90 Å². The van der Waals surface area contributed by atoms with Gasteiger partial charge in [-0.15, -0.1) is 23.1 Å². The Morgan fingerprint density at radius 1 is 1.20 bits per heavy atom. The highest BCUT2D eigenvalue weighted by Crippen LogP contribution is 2.26. The van der Waals surface area contributed by atoms with Crippen LogP contribution in [0.4, 0.5) is 0 Å². The van der Waals surface area contributed by atoms with Gasteiger partial charge in [0.25, 0.3) is 15.9 Å². The van der Waals surface area contributed by atoms with Crippen molar-refractivity contribution < 1.29 is 13.2 Å². The Balaban J connectivity index is 1.71. The molecule has 1 amide bonds. The van der Waals surface area contributed by atoms with Crippen LogP contribution in [0, 0.1) is 0 Å². The molecule has 0 bridgehead atoms. The molecule has 2 aromatic rings. The molecule has 1 saturated heterocycles. The lowest BCUT2D eigenvalue weighted by atomic mass is 10.2. The smallest absolute Gasteiger partial charge is 0.255 e. The van der Waals surface area contributed by atoms with Crippen LogP contribution in [0.1, 0.15) is 10.4 Å². The summed E-state index contributed by atoms with van der Waals surface area (Å²) >= 11 is 8.92. The maximum atomic E-state index is 12.7. The minimum atomic E-state index is -3.47. The average molecular weight is 417 g/mol. The third kappa shape index (κ3) is 3.88. The highest BCUT2D eigenvalue weighted by Gasteiger charge is 2.31. The molecule has 0 atom stereocenters. The highest BCUT2D eigenvalue weighted by molar-refractivity contribution is 7.98. The lowest BCUT2D eigenvalue weighted by Crippen LogP contribution is -2.50. The summed E-state index contributed by atoms with van der Waals surface area (Å²) in [6, 6.07) is 8.70. The van der Waals surface area contributed by atoms with E-state index in [1.54, 1.807) is 46.3 Å². The number of carbonyl (C=O) groups is 1. The van der Waals surface area contributed by atoms with E-state index in [4.69, 9.17) is 11.6 Å². The minimum Gasteiger partial charge on any atom is -0.336 e. The summed E-state index contributed by atoms with van der Waals surface area (Å²) in [7, 11) is -3.47. The first kappa shape index (κ1) is 18.7. The Morgan fingerprint density at radius 2 is 1.92 bits per heavy atom. The largest absolute Gasteiger partial charge is 0.336 e. The van der Waals surface area contributed by atoms with Crippen LogP contribution in [0.25, 0.3) is 0 Å². The lowest BCUT2D eigenvalue weighted by molar-refractivity contribution is 0.0698. The van der Waals surface area contributed by atoms with Gasteiger partial charge in [-0.2, -0.15) is 4.31 Å². The predicted molar refractivity (Wildman–Crippen MR) is 102 cm³/mol. The number of carbonyl (C=O) groups excluding carboxylic acids is 1. The second-order valence-corrected chi connectivity index (χ2v) is 9.87. The molecule has 5 nitrogen and oxygen atoms in total. The second-order valence-electron chi connectivity index (χ2n) is 5.47.